The first-order valence-corrected chi connectivity index (χ1v) is 4.36. The van der Waals surface area contributed by atoms with Crippen molar-refractivity contribution in [2.24, 2.45) is 0 Å². The first-order chi connectivity index (χ1) is 5.95. The molecule has 2 heterocycles. The quantitative estimate of drug-likeness (QED) is 0.623. The van der Waals surface area contributed by atoms with E-state index < -0.39 is 0 Å². The zero-order chi connectivity index (χ0) is 7.97. The van der Waals surface area contributed by atoms with Crippen LogP contribution in [0.4, 0.5) is 0 Å². The number of pyridine rings is 1. The molecule has 1 aliphatic rings. The van der Waals surface area contributed by atoms with Gasteiger partial charge < -0.3 is 4.57 Å². The van der Waals surface area contributed by atoms with Gasteiger partial charge in [0, 0.05) is 23.8 Å². The van der Waals surface area contributed by atoms with Crippen molar-refractivity contribution in [3.63, 3.8) is 0 Å². The van der Waals surface area contributed by atoms with Crippen molar-refractivity contribution in [1.29, 1.82) is 0 Å². The minimum absolute atomic E-state index is 0.756. The molecule has 0 N–H and O–H groups in total. The second-order valence-corrected chi connectivity index (χ2v) is 3.39. The van der Waals surface area contributed by atoms with Crippen LogP contribution in [0.1, 0.15) is 18.9 Å². The van der Waals surface area contributed by atoms with Gasteiger partial charge in [-0.25, -0.2) is 0 Å². The second-order valence-electron chi connectivity index (χ2n) is 3.39. The fourth-order valence-electron chi connectivity index (χ4n) is 1.67. The lowest BCUT2D eigenvalue weighted by atomic mass is 10.3. The summed E-state index contributed by atoms with van der Waals surface area (Å²) in [5.41, 5.74) is 1.28. The molecular formula is C10H10N2. The van der Waals surface area contributed by atoms with Crippen LogP contribution in [0.2, 0.25) is 0 Å². The van der Waals surface area contributed by atoms with Crippen LogP contribution in [0.5, 0.6) is 0 Å². The number of rotatable bonds is 1. The van der Waals surface area contributed by atoms with Crippen LogP contribution in [0.15, 0.2) is 30.7 Å². The molecule has 0 spiro atoms. The molecule has 3 rings (SSSR count). The maximum absolute atomic E-state index is 4.14. The van der Waals surface area contributed by atoms with Gasteiger partial charge in [-0.3, -0.25) is 4.98 Å². The van der Waals surface area contributed by atoms with Crippen LogP contribution >= 0.6 is 0 Å². The molecule has 2 aromatic heterocycles. The SMILES string of the molecule is c1cc2ccn(C3CC3)c2cn1. The highest BCUT2D eigenvalue weighted by atomic mass is 15.0. The molecule has 0 saturated heterocycles. The lowest BCUT2D eigenvalue weighted by Gasteiger charge is -1.99. The van der Waals surface area contributed by atoms with Gasteiger partial charge in [0.05, 0.1) is 11.7 Å². The molecule has 60 valence electrons. The van der Waals surface area contributed by atoms with Crippen molar-refractivity contribution >= 4 is 10.9 Å². The molecule has 0 radical (unpaired) electrons. The van der Waals surface area contributed by atoms with Crippen LogP contribution in [-0.4, -0.2) is 9.55 Å². The normalized spacial score (nSPS) is 17.0. The number of hydrogen-bond donors (Lipinski definition) is 0. The predicted octanol–water partition coefficient (Wildman–Crippen LogP) is 2.37. The molecular weight excluding hydrogens is 148 g/mol. The average molecular weight is 158 g/mol. The summed E-state index contributed by atoms with van der Waals surface area (Å²) >= 11 is 0. The highest BCUT2D eigenvalue weighted by Crippen LogP contribution is 2.37. The maximum Gasteiger partial charge on any atom is 0.0669 e. The summed E-state index contributed by atoms with van der Waals surface area (Å²) < 4.78 is 2.34. The van der Waals surface area contributed by atoms with Crippen LogP contribution in [-0.2, 0) is 0 Å². The van der Waals surface area contributed by atoms with Crippen LogP contribution in [0.25, 0.3) is 10.9 Å². The van der Waals surface area contributed by atoms with Gasteiger partial charge in [0.15, 0.2) is 0 Å². The third-order valence-electron chi connectivity index (χ3n) is 2.47. The standard InChI is InChI=1S/C10H10N2/c1-2-9(1)12-6-4-8-3-5-11-7-10(8)12/h3-7,9H,1-2H2. The molecule has 0 atom stereocenters. The largest absolute Gasteiger partial charge is 0.343 e. The molecule has 0 unspecified atom stereocenters. The lowest BCUT2D eigenvalue weighted by molar-refractivity contribution is 0.774. The smallest absolute Gasteiger partial charge is 0.0669 e. The fraction of sp³-hybridized carbons (Fsp3) is 0.300. The second kappa shape index (κ2) is 2.09. The molecule has 0 aliphatic heterocycles. The Labute approximate surface area is 70.8 Å². The molecule has 0 aromatic carbocycles. The van der Waals surface area contributed by atoms with Gasteiger partial charge >= 0.3 is 0 Å². The van der Waals surface area contributed by atoms with Gasteiger partial charge in [0.1, 0.15) is 0 Å². The van der Waals surface area contributed by atoms with E-state index in [9.17, 15) is 0 Å². The minimum atomic E-state index is 0.756. The summed E-state index contributed by atoms with van der Waals surface area (Å²) in [5, 5.41) is 1.30. The zero-order valence-corrected chi connectivity index (χ0v) is 6.77. The number of fused-ring (bicyclic) bond motifs is 1. The van der Waals surface area contributed by atoms with Crippen LogP contribution in [0.3, 0.4) is 0 Å². The molecule has 2 nitrogen and oxygen atoms in total. The van der Waals surface area contributed by atoms with Crippen molar-refractivity contribution in [2.75, 3.05) is 0 Å². The Morgan fingerprint density at radius 3 is 3.08 bits per heavy atom. The van der Waals surface area contributed by atoms with Crippen molar-refractivity contribution in [3.8, 4) is 0 Å². The summed E-state index contributed by atoms with van der Waals surface area (Å²) in [6, 6.07) is 4.98. The highest BCUT2D eigenvalue weighted by molar-refractivity contribution is 5.79. The van der Waals surface area contributed by atoms with E-state index in [4.69, 9.17) is 0 Å². The van der Waals surface area contributed by atoms with Gasteiger partial charge in [-0.2, -0.15) is 0 Å². The van der Waals surface area contributed by atoms with Crippen LogP contribution in [0, 0.1) is 0 Å². The Balaban J connectivity index is 2.30. The fourth-order valence-corrected chi connectivity index (χ4v) is 1.67. The van der Waals surface area contributed by atoms with E-state index in [0.717, 1.165) is 6.04 Å². The van der Waals surface area contributed by atoms with Gasteiger partial charge in [-0.1, -0.05) is 0 Å². The highest BCUT2D eigenvalue weighted by Gasteiger charge is 2.23. The molecule has 2 aromatic rings. The Morgan fingerprint density at radius 2 is 2.25 bits per heavy atom. The number of aromatic nitrogens is 2. The monoisotopic (exact) mass is 158 g/mol. The Morgan fingerprint density at radius 1 is 1.33 bits per heavy atom. The molecule has 1 saturated carbocycles. The summed E-state index contributed by atoms with van der Waals surface area (Å²) in [5.74, 6) is 0. The number of hydrogen-bond acceptors (Lipinski definition) is 1. The van der Waals surface area contributed by atoms with E-state index in [0.29, 0.717) is 0 Å². The van der Waals surface area contributed by atoms with E-state index in [1.807, 2.05) is 12.4 Å². The summed E-state index contributed by atoms with van der Waals surface area (Å²) in [6.45, 7) is 0. The third kappa shape index (κ3) is 0.779. The van der Waals surface area contributed by atoms with E-state index in [1.54, 1.807) is 0 Å². The minimum Gasteiger partial charge on any atom is -0.343 e. The Kier molecular flexibility index (Phi) is 1.09. The molecule has 12 heavy (non-hydrogen) atoms. The van der Waals surface area contributed by atoms with Crippen molar-refractivity contribution in [1.82, 2.24) is 9.55 Å². The molecule has 0 amide bonds. The average Bonchev–Trinajstić information content (AvgIpc) is 2.86. The van der Waals surface area contributed by atoms with Gasteiger partial charge in [0.2, 0.25) is 0 Å². The Hall–Kier alpha value is -1.31. The van der Waals surface area contributed by atoms with Crippen molar-refractivity contribution < 1.29 is 0 Å². The summed E-state index contributed by atoms with van der Waals surface area (Å²) in [6.07, 6.45) is 8.63. The van der Waals surface area contributed by atoms with E-state index >= 15 is 0 Å². The summed E-state index contributed by atoms with van der Waals surface area (Å²) in [4.78, 5) is 4.14. The van der Waals surface area contributed by atoms with Gasteiger partial charge in [-0.15, -0.1) is 0 Å². The van der Waals surface area contributed by atoms with Crippen LogP contribution < -0.4 is 0 Å². The topological polar surface area (TPSA) is 17.8 Å². The molecule has 1 fully saturated rings. The molecule has 1 aliphatic carbocycles. The molecule has 2 heteroatoms. The zero-order valence-electron chi connectivity index (χ0n) is 6.77. The van der Waals surface area contributed by atoms with Crippen molar-refractivity contribution in [3.05, 3.63) is 30.7 Å². The van der Waals surface area contributed by atoms with E-state index in [-0.39, 0.29) is 0 Å². The van der Waals surface area contributed by atoms with Gasteiger partial charge in [0.25, 0.3) is 0 Å². The lowest BCUT2D eigenvalue weighted by Crippen LogP contribution is -1.90. The molecule has 0 bridgehead atoms. The summed E-state index contributed by atoms with van der Waals surface area (Å²) in [7, 11) is 0. The Bertz CT molecular complexity index is 412. The first-order valence-electron chi connectivity index (χ1n) is 4.36. The first kappa shape index (κ1) is 6.23. The van der Waals surface area contributed by atoms with Gasteiger partial charge in [-0.05, 0) is 25.0 Å². The van der Waals surface area contributed by atoms with Crippen molar-refractivity contribution in [2.45, 2.75) is 18.9 Å². The third-order valence-corrected chi connectivity index (χ3v) is 2.47. The maximum atomic E-state index is 4.14. The van der Waals surface area contributed by atoms with E-state index in [2.05, 4.69) is 27.9 Å². The predicted molar refractivity (Wildman–Crippen MR) is 48.0 cm³/mol. The number of nitrogens with zero attached hydrogens (tertiary/aromatic N) is 2. The van der Waals surface area contributed by atoms with E-state index in [1.165, 1.54) is 23.7 Å².